The molecule has 1 aromatic rings. The number of hydrogen-bond donors (Lipinski definition) is 2. The maximum atomic E-state index is 13.7. The second kappa shape index (κ2) is 11.0. The van der Waals surface area contributed by atoms with Gasteiger partial charge < -0.3 is 9.80 Å². The van der Waals surface area contributed by atoms with E-state index in [2.05, 4.69) is 17.8 Å². The molecule has 0 spiro atoms. The normalized spacial score (nSPS) is 25.3. The van der Waals surface area contributed by atoms with Crippen LogP contribution in [0.25, 0.3) is 0 Å². The number of amides is 3. The molecule has 33 heavy (non-hydrogen) atoms. The highest BCUT2D eigenvalue weighted by Crippen LogP contribution is 2.43. The lowest BCUT2D eigenvalue weighted by molar-refractivity contribution is -0.142. The van der Waals surface area contributed by atoms with Crippen LogP contribution in [-0.2, 0) is 19.8 Å². The van der Waals surface area contributed by atoms with Gasteiger partial charge in [0, 0.05) is 56.6 Å². The molecule has 3 rings (SSSR count). The highest BCUT2D eigenvalue weighted by molar-refractivity contribution is 6.32. The van der Waals surface area contributed by atoms with Gasteiger partial charge in [-0.05, 0) is 38.6 Å². The Morgan fingerprint density at radius 2 is 1.88 bits per heavy atom. The van der Waals surface area contributed by atoms with Gasteiger partial charge >= 0.3 is 0 Å². The van der Waals surface area contributed by atoms with Gasteiger partial charge in [-0.3, -0.25) is 30.1 Å². The van der Waals surface area contributed by atoms with Crippen LogP contribution in [0.4, 0.5) is 0 Å². The van der Waals surface area contributed by atoms with Crippen LogP contribution >= 0.6 is 11.6 Å². The summed E-state index contributed by atoms with van der Waals surface area (Å²) in [5.41, 5.74) is 5.83. The fraction of sp³-hybridized carbons (Fsp3) is 0.625. The van der Waals surface area contributed by atoms with Crippen molar-refractivity contribution in [2.45, 2.75) is 56.5 Å². The van der Waals surface area contributed by atoms with Crippen molar-refractivity contribution in [2.75, 3.05) is 40.8 Å². The van der Waals surface area contributed by atoms with Crippen LogP contribution < -0.4 is 10.9 Å². The number of carbonyl (C=O) groups is 3. The maximum Gasteiger partial charge on any atom is 0.240 e. The van der Waals surface area contributed by atoms with Crippen LogP contribution in [0.3, 0.4) is 0 Å². The number of nitrogens with one attached hydrogen (secondary N) is 2. The molecule has 3 atom stereocenters. The molecule has 0 saturated carbocycles. The SMILES string of the molecule is CCCC1CC(CN(C)C(=O)CC2(c3ccccc3Cl)CC(=O)N(CCN(C)C)C2=O)NN1. The van der Waals surface area contributed by atoms with Crippen LogP contribution in [0.5, 0.6) is 0 Å². The standard InChI is InChI=1S/C24H36ClN5O3/c1-5-8-17-13-18(27-26-17)16-29(4)21(31)14-24(19-9-6-7-10-20(19)25)15-22(32)30(23(24)33)12-11-28(2)3/h6-7,9-10,17-18,26-27H,5,8,11-16H2,1-4H3. The Labute approximate surface area is 201 Å². The van der Waals surface area contributed by atoms with E-state index >= 15 is 0 Å². The highest BCUT2D eigenvalue weighted by atomic mass is 35.5. The average Bonchev–Trinajstić information content (AvgIpc) is 3.29. The summed E-state index contributed by atoms with van der Waals surface area (Å²) in [6.07, 6.45) is 2.98. The third-order valence-corrected chi connectivity index (χ3v) is 6.97. The summed E-state index contributed by atoms with van der Waals surface area (Å²) in [4.78, 5) is 44.8. The lowest BCUT2D eigenvalue weighted by Crippen LogP contribution is -2.46. The molecule has 2 aliphatic heterocycles. The Bertz CT molecular complexity index is 879. The van der Waals surface area contributed by atoms with Crippen LogP contribution in [0.15, 0.2) is 24.3 Å². The summed E-state index contributed by atoms with van der Waals surface area (Å²) in [6.45, 7) is 3.53. The Kier molecular flexibility index (Phi) is 8.50. The zero-order valence-electron chi connectivity index (χ0n) is 20.1. The number of likely N-dealkylation sites (tertiary alicyclic amines) is 1. The van der Waals surface area contributed by atoms with Gasteiger partial charge in [0.15, 0.2) is 0 Å². The molecule has 8 nitrogen and oxygen atoms in total. The molecular formula is C24H36ClN5O3. The molecule has 1 aromatic carbocycles. The number of hydrazine groups is 1. The Morgan fingerprint density at radius 3 is 2.55 bits per heavy atom. The molecule has 0 radical (unpaired) electrons. The van der Waals surface area contributed by atoms with Crippen LogP contribution in [-0.4, -0.2) is 85.3 Å². The van der Waals surface area contributed by atoms with Gasteiger partial charge in [0.1, 0.15) is 0 Å². The maximum absolute atomic E-state index is 13.7. The molecular weight excluding hydrogens is 442 g/mol. The molecule has 2 aliphatic rings. The number of nitrogens with zero attached hydrogens (tertiary/aromatic N) is 3. The lowest BCUT2D eigenvalue weighted by atomic mass is 9.75. The van der Waals surface area contributed by atoms with Crippen molar-refractivity contribution in [1.29, 1.82) is 0 Å². The van der Waals surface area contributed by atoms with Crippen LogP contribution in [0.2, 0.25) is 5.02 Å². The summed E-state index contributed by atoms with van der Waals surface area (Å²) >= 11 is 6.49. The highest BCUT2D eigenvalue weighted by Gasteiger charge is 2.54. The Balaban J connectivity index is 1.80. The first-order valence-electron chi connectivity index (χ1n) is 11.7. The predicted octanol–water partition coefficient (Wildman–Crippen LogP) is 1.78. The molecule has 2 fully saturated rings. The Morgan fingerprint density at radius 1 is 1.18 bits per heavy atom. The quantitative estimate of drug-likeness (QED) is 0.500. The van der Waals surface area contributed by atoms with E-state index in [1.54, 1.807) is 36.2 Å². The van der Waals surface area contributed by atoms with Gasteiger partial charge in [0.2, 0.25) is 17.7 Å². The second-order valence-corrected chi connectivity index (χ2v) is 9.96. The number of imide groups is 1. The first-order valence-corrected chi connectivity index (χ1v) is 12.0. The van der Waals surface area contributed by atoms with Gasteiger partial charge in [-0.15, -0.1) is 0 Å². The van der Waals surface area contributed by atoms with Crippen LogP contribution in [0, 0.1) is 0 Å². The summed E-state index contributed by atoms with van der Waals surface area (Å²) < 4.78 is 0. The Hall–Kier alpha value is -2.00. The number of likely N-dealkylation sites (N-methyl/N-ethyl adjacent to an activating group) is 2. The average molecular weight is 478 g/mol. The third kappa shape index (κ3) is 5.74. The smallest absolute Gasteiger partial charge is 0.240 e. The van der Waals surface area contributed by atoms with Crippen molar-refractivity contribution in [3.8, 4) is 0 Å². The van der Waals surface area contributed by atoms with Gasteiger partial charge in [-0.25, -0.2) is 0 Å². The van der Waals surface area contributed by atoms with E-state index in [0.29, 0.717) is 29.7 Å². The van der Waals surface area contributed by atoms with Crippen molar-refractivity contribution in [2.24, 2.45) is 0 Å². The number of rotatable bonds is 10. The summed E-state index contributed by atoms with van der Waals surface area (Å²) in [6, 6.07) is 7.58. The minimum atomic E-state index is -1.28. The fourth-order valence-electron chi connectivity index (χ4n) is 4.80. The van der Waals surface area contributed by atoms with E-state index in [-0.39, 0.29) is 43.1 Å². The van der Waals surface area contributed by atoms with Gasteiger partial charge in [0.25, 0.3) is 0 Å². The van der Waals surface area contributed by atoms with E-state index in [1.807, 2.05) is 19.0 Å². The monoisotopic (exact) mass is 477 g/mol. The van der Waals surface area contributed by atoms with Crippen molar-refractivity contribution < 1.29 is 14.4 Å². The second-order valence-electron chi connectivity index (χ2n) is 9.55. The third-order valence-electron chi connectivity index (χ3n) is 6.64. The minimum Gasteiger partial charge on any atom is -0.344 e. The molecule has 9 heteroatoms. The van der Waals surface area contributed by atoms with Gasteiger partial charge in [0.05, 0.1) is 5.41 Å². The fourth-order valence-corrected chi connectivity index (χ4v) is 5.12. The molecule has 182 valence electrons. The zero-order chi connectivity index (χ0) is 24.2. The van der Waals surface area contributed by atoms with Crippen molar-refractivity contribution in [3.05, 3.63) is 34.9 Å². The van der Waals surface area contributed by atoms with Crippen LogP contribution in [0.1, 0.15) is 44.6 Å². The molecule has 0 bridgehead atoms. The van der Waals surface area contributed by atoms with E-state index in [9.17, 15) is 14.4 Å². The summed E-state index contributed by atoms with van der Waals surface area (Å²) in [5, 5.41) is 0.396. The topological polar surface area (TPSA) is 85.0 Å². The van der Waals surface area contributed by atoms with Crippen molar-refractivity contribution in [1.82, 2.24) is 25.6 Å². The molecule has 3 unspecified atom stereocenters. The van der Waals surface area contributed by atoms with Gasteiger partial charge in [-0.2, -0.15) is 0 Å². The summed E-state index contributed by atoms with van der Waals surface area (Å²) in [7, 11) is 5.53. The van der Waals surface area contributed by atoms with E-state index in [1.165, 1.54) is 4.90 Å². The largest absolute Gasteiger partial charge is 0.344 e. The molecule has 0 aromatic heterocycles. The number of hydrogen-bond acceptors (Lipinski definition) is 6. The zero-order valence-corrected chi connectivity index (χ0v) is 20.8. The molecule has 2 N–H and O–H groups in total. The van der Waals surface area contributed by atoms with E-state index in [0.717, 1.165) is 19.3 Å². The number of halogens is 1. The molecule has 2 saturated heterocycles. The van der Waals surface area contributed by atoms with Gasteiger partial charge in [-0.1, -0.05) is 43.1 Å². The minimum absolute atomic E-state index is 0.0512. The van der Waals surface area contributed by atoms with Crippen molar-refractivity contribution >= 4 is 29.3 Å². The first kappa shape index (κ1) is 25.6. The predicted molar refractivity (Wildman–Crippen MR) is 129 cm³/mol. The first-order chi connectivity index (χ1) is 15.7. The molecule has 3 amide bonds. The number of benzene rings is 1. The van der Waals surface area contributed by atoms with Crippen molar-refractivity contribution in [3.63, 3.8) is 0 Å². The number of carbonyl (C=O) groups excluding carboxylic acids is 3. The summed E-state index contributed by atoms with van der Waals surface area (Å²) in [5.74, 6) is -0.777. The van der Waals surface area contributed by atoms with E-state index in [4.69, 9.17) is 11.6 Å². The molecule has 0 aliphatic carbocycles. The lowest BCUT2D eigenvalue weighted by Gasteiger charge is -2.30. The molecule has 2 heterocycles. The van der Waals surface area contributed by atoms with E-state index < -0.39 is 5.41 Å².